The van der Waals surface area contributed by atoms with Gasteiger partial charge in [-0.3, -0.25) is 4.79 Å². The average Bonchev–Trinajstić information content (AvgIpc) is 2.44. The van der Waals surface area contributed by atoms with Gasteiger partial charge in [0.25, 0.3) is 0 Å². The predicted molar refractivity (Wildman–Crippen MR) is 47.4 cm³/mol. The number of hydrogen-bond donors (Lipinski definition) is 0. The van der Waals surface area contributed by atoms with Crippen LogP contribution in [-0.4, -0.2) is 20.4 Å². The summed E-state index contributed by atoms with van der Waals surface area (Å²) in [4.78, 5) is 14.7. The van der Waals surface area contributed by atoms with Crippen LogP contribution in [0.5, 0.6) is 0 Å². The molecule has 0 saturated heterocycles. The summed E-state index contributed by atoms with van der Waals surface area (Å²) in [6, 6.07) is 1.92. The van der Waals surface area contributed by atoms with Crippen molar-refractivity contribution >= 4 is 11.3 Å². The SMILES string of the molecule is CC(=O)Cc1cc2cncnn2c1. The van der Waals surface area contributed by atoms with Gasteiger partial charge in [0, 0.05) is 12.6 Å². The van der Waals surface area contributed by atoms with Gasteiger partial charge >= 0.3 is 0 Å². The molecule has 4 heteroatoms. The highest BCUT2D eigenvalue weighted by Gasteiger charge is 2.01. The lowest BCUT2D eigenvalue weighted by molar-refractivity contribution is -0.116. The molecule has 0 aliphatic rings. The topological polar surface area (TPSA) is 47.3 Å². The molecule has 2 aromatic heterocycles. The third kappa shape index (κ3) is 1.56. The van der Waals surface area contributed by atoms with Gasteiger partial charge in [0.05, 0.1) is 11.7 Å². The van der Waals surface area contributed by atoms with Crippen LogP contribution in [0.1, 0.15) is 12.5 Å². The number of ketones is 1. The van der Waals surface area contributed by atoms with E-state index >= 15 is 0 Å². The van der Waals surface area contributed by atoms with E-state index in [1.54, 1.807) is 17.6 Å². The van der Waals surface area contributed by atoms with E-state index in [1.165, 1.54) is 6.33 Å². The minimum Gasteiger partial charge on any atom is -0.300 e. The van der Waals surface area contributed by atoms with E-state index < -0.39 is 0 Å². The Labute approximate surface area is 75.2 Å². The fraction of sp³-hybridized carbons (Fsp3) is 0.222. The van der Waals surface area contributed by atoms with Gasteiger partial charge in [-0.2, -0.15) is 5.10 Å². The minimum atomic E-state index is 0.156. The fourth-order valence-corrected chi connectivity index (χ4v) is 1.30. The van der Waals surface area contributed by atoms with Crippen molar-refractivity contribution in [2.75, 3.05) is 0 Å². The molecule has 0 aliphatic heterocycles. The molecule has 2 rings (SSSR count). The molecule has 0 N–H and O–H groups in total. The van der Waals surface area contributed by atoms with Crippen molar-refractivity contribution in [2.45, 2.75) is 13.3 Å². The summed E-state index contributed by atoms with van der Waals surface area (Å²) in [5.41, 5.74) is 1.90. The Morgan fingerprint density at radius 3 is 3.15 bits per heavy atom. The van der Waals surface area contributed by atoms with Crippen molar-refractivity contribution in [3.05, 3.63) is 30.4 Å². The number of rotatable bonds is 2. The molecule has 13 heavy (non-hydrogen) atoms. The zero-order valence-corrected chi connectivity index (χ0v) is 7.27. The monoisotopic (exact) mass is 175 g/mol. The maximum absolute atomic E-state index is 10.8. The number of hydrogen-bond acceptors (Lipinski definition) is 3. The quantitative estimate of drug-likeness (QED) is 0.680. The molecule has 0 aliphatic carbocycles. The highest BCUT2D eigenvalue weighted by Crippen LogP contribution is 2.07. The first-order valence-corrected chi connectivity index (χ1v) is 4.02. The Hall–Kier alpha value is -1.71. The molecular formula is C9H9N3O. The summed E-state index contributed by atoms with van der Waals surface area (Å²) < 4.78 is 1.71. The lowest BCUT2D eigenvalue weighted by Crippen LogP contribution is -1.94. The third-order valence-electron chi connectivity index (χ3n) is 1.79. The predicted octanol–water partition coefficient (Wildman–Crippen LogP) is 0.861. The van der Waals surface area contributed by atoms with E-state index in [1.807, 2.05) is 12.3 Å². The molecule has 0 saturated carbocycles. The van der Waals surface area contributed by atoms with Gasteiger partial charge in [0.15, 0.2) is 0 Å². The Morgan fingerprint density at radius 2 is 2.46 bits per heavy atom. The average molecular weight is 175 g/mol. The van der Waals surface area contributed by atoms with Crippen LogP contribution in [0.15, 0.2) is 24.8 Å². The number of nitrogens with zero attached hydrogens (tertiary/aromatic N) is 3. The van der Waals surface area contributed by atoms with E-state index in [0.717, 1.165) is 11.1 Å². The summed E-state index contributed by atoms with van der Waals surface area (Å²) in [5, 5.41) is 4.00. The largest absolute Gasteiger partial charge is 0.300 e. The van der Waals surface area contributed by atoms with Crippen LogP contribution in [0.4, 0.5) is 0 Å². The van der Waals surface area contributed by atoms with Crippen LogP contribution in [-0.2, 0) is 11.2 Å². The zero-order chi connectivity index (χ0) is 9.26. The first kappa shape index (κ1) is 7.91. The van der Waals surface area contributed by atoms with Gasteiger partial charge in [-0.1, -0.05) is 0 Å². The summed E-state index contributed by atoms with van der Waals surface area (Å²) in [6.07, 6.45) is 5.50. The van der Waals surface area contributed by atoms with Crippen LogP contribution in [0, 0.1) is 0 Å². The van der Waals surface area contributed by atoms with Gasteiger partial charge in [0.1, 0.15) is 12.1 Å². The Morgan fingerprint density at radius 1 is 1.62 bits per heavy atom. The fourth-order valence-electron chi connectivity index (χ4n) is 1.30. The van der Waals surface area contributed by atoms with Crippen molar-refractivity contribution in [3.8, 4) is 0 Å². The molecule has 0 aromatic carbocycles. The molecule has 0 bridgehead atoms. The first-order valence-electron chi connectivity index (χ1n) is 4.02. The maximum atomic E-state index is 10.8. The molecule has 0 radical (unpaired) electrons. The molecule has 2 aromatic rings. The number of carbonyl (C=O) groups excluding carboxylic acids is 1. The van der Waals surface area contributed by atoms with Crippen LogP contribution < -0.4 is 0 Å². The van der Waals surface area contributed by atoms with Crippen molar-refractivity contribution in [1.82, 2.24) is 14.6 Å². The second-order valence-corrected chi connectivity index (χ2v) is 3.01. The first-order chi connectivity index (χ1) is 6.25. The van der Waals surface area contributed by atoms with E-state index in [4.69, 9.17) is 0 Å². The second-order valence-electron chi connectivity index (χ2n) is 3.01. The van der Waals surface area contributed by atoms with Crippen LogP contribution >= 0.6 is 0 Å². The normalized spacial score (nSPS) is 10.5. The summed E-state index contributed by atoms with van der Waals surface area (Å²) >= 11 is 0. The third-order valence-corrected chi connectivity index (χ3v) is 1.79. The molecule has 4 nitrogen and oxygen atoms in total. The maximum Gasteiger partial charge on any atom is 0.136 e. The van der Waals surface area contributed by atoms with Crippen LogP contribution in [0.3, 0.4) is 0 Å². The van der Waals surface area contributed by atoms with Gasteiger partial charge in [-0.15, -0.1) is 0 Å². The van der Waals surface area contributed by atoms with Crippen molar-refractivity contribution in [1.29, 1.82) is 0 Å². The highest BCUT2D eigenvalue weighted by molar-refractivity contribution is 5.78. The van der Waals surface area contributed by atoms with Crippen LogP contribution in [0.25, 0.3) is 5.52 Å². The van der Waals surface area contributed by atoms with Gasteiger partial charge in [0.2, 0.25) is 0 Å². The lowest BCUT2D eigenvalue weighted by Gasteiger charge is -1.87. The van der Waals surface area contributed by atoms with E-state index in [0.29, 0.717) is 6.42 Å². The summed E-state index contributed by atoms with van der Waals surface area (Å²) in [7, 11) is 0. The van der Waals surface area contributed by atoms with E-state index in [9.17, 15) is 4.79 Å². The molecular weight excluding hydrogens is 166 g/mol. The second kappa shape index (κ2) is 2.97. The molecule has 0 unspecified atom stereocenters. The molecule has 0 atom stereocenters. The number of fused-ring (bicyclic) bond motifs is 1. The Bertz CT molecular complexity index is 414. The standard InChI is InChI=1S/C9H9N3O/c1-7(13)2-8-3-9-4-10-6-11-12(9)5-8/h3-6H,2H2,1H3. The molecule has 0 amide bonds. The van der Waals surface area contributed by atoms with E-state index in [2.05, 4.69) is 10.1 Å². The van der Waals surface area contributed by atoms with Crippen LogP contribution in [0.2, 0.25) is 0 Å². The molecule has 2 heterocycles. The summed E-state index contributed by atoms with van der Waals surface area (Å²) in [5.74, 6) is 0.156. The number of carbonyl (C=O) groups is 1. The number of Topliss-reactive ketones (excluding diaryl/α,β-unsaturated/α-hetero) is 1. The summed E-state index contributed by atoms with van der Waals surface area (Å²) in [6.45, 7) is 1.58. The van der Waals surface area contributed by atoms with Crippen molar-refractivity contribution in [3.63, 3.8) is 0 Å². The minimum absolute atomic E-state index is 0.156. The zero-order valence-electron chi connectivity index (χ0n) is 7.27. The Kier molecular flexibility index (Phi) is 1.81. The molecule has 0 fully saturated rings. The highest BCUT2D eigenvalue weighted by atomic mass is 16.1. The number of aromatic nitrogens is 3. The van der Waals surface area contributed by atoms with Crippen molar-refractivity contribution < 1.29 is 4.79 Å². The Balaban J connectivity index is 2.44. The van der Waals surface area contributed by atoms with Gasteiger partial charge < -0.3 is 0 Å². The molecule has 66 valence electrons. The van der Waals surface area contributed by atoms with Crippen molar-refractivity contribution in [2.24, 2.45) is 0 Å². The van der Waals surface area contributed by atoms with Gasteiger partial charge in [-0.25, -0.2) is 9.50 Å². The lowest BCUT2D eigenvalue weighted by atomic mass is 10.2. The smallest absolute Gasteiger partial charge is 0.136 e. The van der Waals surface area contributed by atoms with Gasteiger partial charge in [-0.05, 0) is 18.6 Å². The van der Waals surface area contributed by atoms with E-state index in [-0.39, 0.29) is 5.78 Å². The molecule has 0 spiro atoms.